The van der Waals surface area contributed by atoms with E-state index >= 15 is 0 Å². The molecule has 0 fully saturated rings. The number of nitrogen functional groups attached to an aromatic ring is 1. The zero-order valence-electron chi connectivity index (χ0n) is 30.9. The van der Waals surface area contributed by atoms with Crippen molar-refractivity contribution in [3.63, 3.8) is 0 Å². The number of anilines is 1. The minimum atomic E-state index is -0.849. The van der Waals surface area contributed by atoms with E-state index in [1.165, 1.54) is 29.2 Å². The van der Waals surface area contributed by atoms with Gasteiger partial charge in [0.25, 0.3) is 5.69 Å². The van der Waals surface area contributed by atoms with Gasteiger partial charge in [-0.25, -0.2) is 42.5 Å². The van der Waals surface area contributed by atoms with Crippen LogP contribution in [-0.2, 0) is 48.6 Å². The summed E-state index contributed by atoms with van der Waals surface area (Å²) in [4.78, 5) is 64.9. The topological polar surface area (TPSA) is 187 Å². The largest absolute Gasteiger partial charge is 0.397 e. The summed E-state index contributed by atoms with van der Waals surface area (Å²) in [7, 11) is 0. The van der Waals surface area contributed by atoms with Gasteiger partial charge in [0.05, 0.1) is 65.0 Å². The Morgan fingerprint density at radius 2 is 1.14 bits per heavy atom. The Morgan fingerprint density at radius 1 is 0.672 bits per heavy atom. The molecular formula is C40H32F4N10O4. The maximum atomic E-state index is 14.1. The van der Waals surface area contributed by atoms with Crippen molar-refractivity contribution >= 4 is 23.2 Å². The van der Waals surface area contributed by atoms with Crippen molar-refractivity contribution in [1.29, 1.82) is 0 Å². The summed E-state index contributed by atoms with van der Waals surface area (Å²) in [6, 6.07) is 11.8. The quantitative estimate of drug-likeness (QED) is 0.115. The average molecular weight is 793 g/mol. The Morgan fingerprint density at radius 3 is 1.62 bits per heavy atom. The number of benzene rings is 2. The lowest BCUT2D eigenvalue weighted by Gasteiger charge is -2.16. The molecule has 0 saturated carbocycles. The number of aryl methyl sites for hydroxylation is 2. The Kier molecular flexibility index (Phi) is 10.8. The van der Waals surface area contributed by atoms with Crippen LogP contribution in [0.4, 0.5) is 28.9 Å². The van der Waals surface area contributed by atoms with Crippen LogP contribution in [0.25, 0.3) is 22.5 Å². The van der Waals surface area contributed by atoms with Crippen LogP contribution in [-0.4, -0.2) is 56.4 Å². The molecule has 0 unspecified atom stereocenters. The summed E-state index contributed by atoms with van der Waals surface area (Å²) in [5, 5.41) is 11.4. The molecule has 2 aromatic carbocycles. The van der Waals surface area contributed by atoms with Gasteiger partial charge in [-0.2, -0.15) is 0 Å². The van der Waals surface area contributed by atoms with Crippen LogP contribution < -0.4 is 5.73 Å². The summed E-state index contributed by atoms with van der Waals surface area (Å²) in [5.74, 6) is -2.28. The van der Waals surface area contributed by atoms with E-state index in [1.807, 2.05) is 0 Å². The lowest BCUT2D eigenvalue weighted by Crippen LogP contribution is -2.27. The number of nitro groups is 1. The van der Waals surface area contributed by atoms with E-state index in [1.54, 1.807) is 43.3 Å². The van der Waals surface area contributed by atoms with Crippen molar-refractivity contribution < 1.29 is 32.1 Å². The molecule has 4 aromatic heterocycles. The van der Waals surface area contributed by atoms with Crippen molar-refractivity contribution in [3.8, 4) is 22.5 Å². The molecule has 2 aliphatic rings. The number of nitrogens with two attached hydrogens (primary N) is 1. The minimum Gasteiger partial charge on any atom is -0.397 e. The molecule has 6 heterocycles. The SMILES string of the molecule is Cc1ncc2c(n1)CN(C(=O)Cc1nc(-c3ccc(F)cc3F)ccc1N)C2.Cc1ncc2c(n1)CN(C(=O)Cc1nc(-c3ccc(F)cc3F)ccc1[N+](=O)[O-])C2. The second-order valence-electron chi connectivity index (χ2n) is 13.5. The molecule has 8 rings (SSSR count). The molecule has 0 saturated heterocycles. The van der Waals surface area contributed by atoms with E-state index in [-0.39, 0.29) is 59.4 Å². The molecule has 2 amide bonds. The molecule has 0 bridgehead atoms. The fraction of sp³-hybridized carbons (Fsp3) is 0.200. The third-order valence-electron chi connectivity index (χ3n) is 9.47. The summed E-state index contributed by atoms with van der Waals surface area (Å²) in [6.07, 6.45) is 3.02. The zero-order chi connectivity index (χ0) is 41.2. The highest BCUT2D eigenvalue weighted by atomic mass is 19.1. The van der Waals surface area contributed by atoms with Gasteiger partial charge in [0.1, 0.15) is 40.6 Å². The highest BCUT2D eigenvalue weighted by Gasteiger charge is 2.29. The summed E-state index contributed by atoms with van der Waals surface area (Å²) >= 11 is 0. The molecule has 2 N–H and O–H groups in total. The third-order valence-corrected chi connectivity index (χ3v) is 9.47. The van der Waals surface area contributed by atoms with Crippen molar-refractivity contribution in [2.45, 2.75) is 52.9 Å². The highest BCUT2D eigenvalue weighted by molar-refractivity contribution is 5.81. The summed E-state index contributed by atoms with van der Waals surface area (Å²) in [6.45, 7) is 4.96. The zero-order valence-corrected chi connectivity index (χ0v) is 30.9. The number of carbonyl (C=O) groups excluding carboxylic acids is 2. The van der Waals surface area contributed by atoms with Crippen molar-refractivity contribution in [1.82, 2.24) is 39.7 Å². The van der Waals surface area contributed by atoms with Crippen LogP contribution in [0.15, 0.2) is 73.1 Å². The van der Waals surface area contributed by atoms with Gasteiger partial charge in [-0.1, -0.05) is 0 Å². The van der Waals surface area contributed by atoms with Crippen molar-refractivity contribution in [2.24, 2.45) is 0 Å². The molecule has 58 heavy (non-hydrogen) atoms. The van der Waals surface area contributed by atoms with E-state index < -0.39 is 28.2 Å². The first-order valence-electron chi connectivity index (χ1n) is 17.7. The fourth-order valence-electron chi connectivity index (χ4n) is 6.51. The standard InChI is InChI=1S/C20H15F2N5O3.C20H17F2N5O/c1-11-23-8-12-9-26(10-18(12)24-11)20(28)7-17-19(27(29)30)5-4-16(25-17)14-3-2-13(21)6-15(14)22;1-11-24-8-12-9-27(10-19(12)25-11)20(28)7-18-16(23)4-5-17(26-18)14-3-2-13(21)6-15(14)22/h2-6,8H,7,9-10H2,1H3;2-6,8H,7,9-10,23H2,1H3. The molecule has 0 spiro atoms. The van der Waals surface area contributed by atoms with Crippen LogP contribution in [0.3, 0.4) is 0 Å². The monoisotopic (exact) mass is 792 g/mol. The predicted molar refractivity (Wildman–Crippen MR) is 200 cm³/mol. The molecule has 2 aliphatic heterocycles. The van der Waals surface area contributed by atoms with Crippen LogP contribution in [0.2, 0.25) is 0 Å². The number of nitrogens with zero attached hydrogens (tertiary/aromatic N) is 9. The Bertz CT molecular complexity index is 2630. The highest BCUT2D eigenvalue weighted by Crippen LogP contribution is 2.29. The fourth-order valence-corrected chi connectivity index (χ4v) is 6.51. The molecular weight excluding hydrogens is 760 g/mol. The summed E-state index contributed by atoms with van der Waals surface area (Å²) in [5.41, 5.74) is 10.0. The van der Waals surface area contributed by atoms with Crippen molar-refractivity contribution in [3.05, 3.63) is 152 Å². The number of hydrogen-bond donors (Lipinski definition) is 1. The number of amides is 2. The lowest BCUT2D eigenvalue weighted by molar-refractivity contribution is -0.385. The van der Waals surface area contributed by atoms with E-state index in [2.05, 4.69) is 29.9 Å². The lowest BCUT2D eigenvalue weighted by atomic mass is 10.1. The Hall–Kier alpha value is -7.24. The molecule has 294 valence electrons. The summed E-state index contributed by atoms with van der Waals surface area (Å²) < 4.78 is 54.5. The molecule has 18 heteroatoms. The maximum absolute atomic E-state index is 14.1. The molecule has 0 atom stereocenters. The van der Waals surface area contributed by atoms with E-state index in [0.29, 0.717) is 54.4 Å². The van der Waals surface area contributed by atoms with Crippen LogP contribution in [0.5, 0.6) is 0 Å². The van der Waals surface area contributed by atoms with Gasteiger partial charge >= 0.3 is 0 Å². The first-order chi connectivity index (χ1) is 27.7. The first kappa shape index (κ1) is 39.0. The molecule has 14 nitrogen and oxygen atoms in total. The van der Waals surface area contributed by atoms with Crippen LogP contribution in [0, 0.1) is 47.2 Å². The van der Waals surface area contributed by atoms with Gasteiger partial charge in [0, 0.05) is 65.9 Å². The predicted octanol–water partition coefficient (Wildman–Crippen LogP) is 5.91. The Balaban J connectivity index is 0.000000177. The normalized spacial score (nSPS) is 12.8. The van der Waals surface area contributed by atoms with E-state index in [4.69, 9.17) is 5.73 Å². The number of carbonyl (C=O) groups is 2. The van der Waals surface area contributed by atoms with Gasteiger partial charge in [-0.15, -0.1) is 0 Å². The van der Waals surface area contributed by atoms with Gasteiger partial charge in [-0.05, 0) is 56.3 Å². The number of halogens is 4. The van der Waals surface area contributed by atoms with Gasteiger partial charge < -0.3 is 15.5 Å². The van der Waals surface area contributed by atoms with Crippen LogP contribution in [0.1, 0.15) is 45.6 Å². The van der Waals surface area contributed by atoms with Gasteiger partial charge in [-0.3, -0.25) is 24.7 Å². The molecule has 0 radical (unpaired) electrons. The first-order valence-corrected chi connectivity index (χ1v) is 17.7. The minimum absolute atomic E-state index is 0.0145. The number of pyridine rings is 2. The smallest absolute Gasteiger partial charge is 0.291 e. The number of aromatic nitrogens is 6. The van der Waals surface area contributed by atoms with E-state index in [0.717, 1.165) is 40.7 Å². The van der Waals surface area contributed by atoms with Crippen molar-refractivity contribution in [2.75, 3.05) is 5.73 Å². The van der Waals surface area contributed by atoms with Crippen LogP contribution >= 0.6 is 0 Å². The van der Waals surface area contributed by atoms with E-state index in [9.17, 15) is 37.3 Å². The molecule has 6 aromatic rings. The third kappa shape index (κ3) is 8.45. The number of rotatable bonds is 7. The molecule has 0 aliphatic carbocycles. The Labute approximate surface area is 327 Å². The van der Waals surface area contributed by atoms with Gasteiger partial charge in [0.15, 0.2) is 0 Å². The second kappa shape index (κ2) is 16.1. The maximum Gasteiger partial charge on any atom is 0.291 e. The number of hydrogen-bond acceptors (Lipinski definition) is 11. The average Bonchev–Trinajstić information content (AvgIpc) is 3.80. The number of fused-ring (bicyclic) bond motifs is 2. The van der Waals surface area contributed by atoms with Gasteiger partial charge in [0.2, 0.25) is 11.8 Å². The second-order valence-corrected chi connectivity index (χ2v) is 13.5.